The summed E-state index contributed by atoms with van der Waals surface area (Å²) >= 11 is 0. The smallest absolute Gasteiger partial charge is 0.0945 e. The lowest BCUT2D eigenvalue weighted by atomic mass is 9.97. The molecular weight excluding hydrogens is 202 g/mol. The van der Waals surface area contributed by atoms with Gasteiger partial charge in [-0.05, 0) is 31.2 Å². The summed E-state index contributed by atoms with van der Waals surface area (Å²) in [5.74, 6) is 1.16. The van der Waals surface area contributed by atoms with Crippen LogP contribution in [0.4, 0.5) is 0 Å². The van der Waals surface area contributed by atoms with Crippen molar-refractivity contribution in [3.05, 3.63) is 18.2 Å². The number of aromatic nitrogens is 2. The largest absolute Gasteiger partial charge is 0.396 e. The summed E-state index contributed by atoms with van der Waals surface area (Å²) in [6.07, 6.45) is 7.43. The van der Waals surface area contributed by atoms with Crippen molar-refractivity contribution in [2.75, 3.05) is 13.2 Å². The normalized spacial score (nSPS) is 25.1. The summed E-state index contributed by atoms with van der Waals surface area (Å²) in [7, 11) is 2.01. The van der Waals surface area contributed by atoms with Crippen LogP contribution >= 0.6 is 0 Å². The molecule has 1 fully saturated rings. The van der Waals surface area contributed by atoms with Gasteiger partial charge in [-0.2, -0.15) is 0 Å². The van der Waals surface area contributed by atoms with Crippen molar-refractivity contribution in [2.24, 2.45) is 18.9 Å². The van der Waals surface area contributed by atoms with Gasteiger partial charge in [0.05, 0.1) is 12.0 Å². The Bertz CT molecular complexity index is 324. The Morgan fingerprint density at radius 1 is 1.50 bits per heavy atom. The molecule has 0 saturated heterocycles. The summed E-state index contributed by atoms with van der Waals surface area (Å²) < 4.78 is 2.03. The molecule has 0 aromatic carbocycles. The first-order valence-corrected chi connectivity index (χ1v) is 6.08. The Balaban J connectivity index is 1.74. The lowest BCUT2D eigenvalue weighted by molar-refractivity contribution is 0.192. The Hall–Kier alpha value is -0.870. The maximum absolute atomic E-state index is 9.22. The zero-order chi connectivity index (χ0) is 11.4. The molecule has 90 valence electrons. The summed E-state index contributed by atoms with van der Waals surface area (Å²) in [5, 5.41) is 12.7. The Morgan fingerprint density at radius 3 is 3.00 bits per heavy atom. The van der Waals surface area contributed by atoms with E-state index in [1.165, 1.54) is 25.0 Å². The lowest BCUT2D eigenvalue weighted by Gasteiger charge is -2.17. The fraction of sp³-hybridized carbons (Fsp3) is 0.750. The third-order valence-corrected chi connectivity index (χ3v) is 3.68. The van der Waals surface area contributed by atoms with Crippen LogP contribution in [0.15, 0.2) is 12.5 Å². The third-order valence-electron chi connectivity index (χ3n) is 3.68. The highest BCUT2D eigenvalue weighted by Gasteiger charge is 2.25. The van der Waals surface area contributed by atoms with Gasteiger partial charge in [0.25, 0.3) is 0 Å². The molecule has 0 aliphatic heterocycles. The van der Waals surface area contributed by atoms with Gasteiger partial charge in [0, 0.05) is 26.4 Å². The van der Waals surface area contributed by atoms with Crippen LogP contribution in [0.25, 0.3) is 0 Å². The Morgan fingerprint density at radius 2 is 2.31 bits per heavy atom. The van der Waals surface area contributed by atoms with Crippen molar-refractivity contribution in [1.29, 1.82) is 0 Å². The maximum atomic E-state index is 9.22. The second-order valence-electron chi connectivity index (χ2n) is 4.76. The molecule has 1 aliphatic rings. The average molecular weight is 223 g/mol. The molecule has 0 amide bonds. The fourth-order valence-electron chi connectivity index (χ4n) is 2.56. The summed E-state index contributed by atoms with van der Waals surface area (Å²) in [6, 6.07) is 0. The minimum atomic E-state index is 0.345. The van der Waals surface area contributed by atoms with E-state index >= 15 is 0 Å². The van der Waals surface area contributed by atoms with E-state index in [4.69, 9.17) is 0 Å². The number of nitrogens with one attached hydrogen (secondary N) is 1. The highest BCUT2D eigenvalue weighted by molar-refractivity contribution is 4.96. The SMILES string of the molecule is Cn1cncc1CNCC1CCCC1CO. The van der Waals surface area contributed by atoms with E-state index in [0.29, 0.717) is 18.4 Å². The van der Waals surface area contributed by atoms with Gasteiger partial charge in [-0.3, -0.25) is 0 Å². The molecule has 2 unspecified atom stereocenters. The van der Waals surface area contributed by atoms with Crippen LogP contribution in [-0.4, -0.2) is 27.8 Å². The average Bonchev–Trinajstić information content (AvgIpc) is 2.88. The standard InChI is InChI=1S/C12H21N3O/c1-15-9-14-7-12(15)6-13-5-10-3-2-4-11(10)8-16/h7,9-11,13,16H,2-6,8H2,1H3. The van der Waals surface area contributed by atoms with Gasteiger partial charge >= 0.3 is 0 Å². The predicted octanol–water partition coefficient (Wildman–Crippen LogP) is 0.918. The van der Waals surface area contributed by atoms with Crippen LogP contribution in [0.3, 0.4) is 0 Å². The maximum Gasteiger partial charge on any atom is 0.0945 e. The van der Waals surface area contributed by atoms with E-state index < -0.39 is 0 Å². The molecule has 4 heteroatoms. The first kappa shape index (κ1) is 11.6. The molecule has 1 heterocycles. The molecule has 1 aromatic heterocycles. The van der Waals surface area contributed by atoms with Crippen molar-refractivity contribution in [1.82, 2.24) is 14.9 Å². The van der Waals surface area contributed by atoms with Crippen LogP contribution in [-0.2, 0) is 13.6 Å². The molecule has 1 saturated carbocycles. The van der Waals surface area contributed by atoms with Gasteiger partial charge in [0.15, 0.2) is 0 Å². The number of imidazole rings is 1. The minimum Gasteiger partial charge on any atom is -0.396 e. The highest BCUT2D eigenvalue weighted by atomic mass is 16.3. The fourth-order valence-corrected chi connectivity index (χ4v) is 2.56. The van der Waals surface area contributed by atoms with Gasteiger partial charge in [-0.25, -0.2) is 4.98 Å². The molecule has 2 N–H and O–H groups in total. The van der Waals surface area contributed by atoms with Gasteiger partial charge < -0.3 is 15.0 Å². The number of aliphatic hydroxyl groups is 1. The minimum absolute atomic E-state index is 0.345. The second kappa shape index (κ2) is 5.46. The second-order valence-corrected chi connectivity index (χ2v) is 4.76. The van der Waals surface area contributed by atoms with E-state index in [9.17, 15) is 5.11 Å². The molecule has 4 nitrogen and oxygen atoms in total. The Kier molecular flexibility index (Phi) is 3.96. The van der Waals surface area contributed by atoms with E-state index in [1.807, 2.05) is 24.1 Å². The van der Waals surface area contributed by atoms with E-state index in [2.05, 4.69) is 10.3 Å². The van der Waals surface area contributed by atoms with E-state index in [0.717, 1.165) is 13.1 Å². The van der Waals surface area contributed by atoms with E-state index in [-0.39, 0.29) is 0 Å². The number of rotatable bonds is 5. The van der Waals surface area contributed by atoms with Gasteiger partial charge in [0.2, 0.25) is 0 Å². The van der Waals surface area contributed by atoms with Crippen LogP contribution in [0.1, 0.15) is 25.0 Å². The molecule has 1 aliphatic carbocycles. The number of hydrogen-bond acceptors (Lipinski definition) is 3. The Labute approximate surface area is 96.7 Å². The molecular formula is C12H21N3O. The number of aliphatic hydroxyl groups excluding tert-OH is 1. The van der Waals surface area contributed by atoms with Gasteiger partial charge in [-0.1, -0.05) is 6.42 Å². The van der Waals surface area contributed by atoms with Gasteiger partial charge in [-0.15, -0.1) is 0 Å². The summed E-state index contributed by atoms with van der Waals surface area (Å²) in [6.45, 7) is 2.22. The lowest BCUT2D eigenvalue weighted by Crippen LogP contribution is -2.27. The zero-order valence-corrected chi connectivity index (χ0v) is 9.89. The van der Waals surface area contributed by atoms with Crippen LogP contribution in [0.5, 0.6) is 0 Å². The van der Waals surface area contributed by atoms with Crippen LogP contribution < -0.4 is 5.32 Å². The molecule has 2 rings (SSSR count). The molecule has 16 heavy (non-hydrogen) atoms. The predicted molar refractivity (Wildman–Crippen MR) is 62.8 cm³/mol. The van der Waals surface area contributed by atoms with Crippen molar-refractivity contribution < 1.29 is 5.11 Å². The third kappa shape index (κ3) is 2.62. The first-order chi connectivity index (χ1) is 7.81. The molecule has 0 bridgehead atoms. The number of hydrogen-bond donors (Lipinski definition) is 2. The van der Waals surface area contributed by atoms with Crippen LogP contribution in [0, 0.1) is 11.8 Å². The molecule has 1 aromatic rings. The van der Waals surface area contributed by atoms with Crippen molar-refractivity contribution >= 4 is 0 Å². The van der Waals surface area contributed by atoms with Crippen molar-refractivity contribution in [3.63, 3.8) is 0 Å². The summed E-state index contributed by atoms with van der Waals surface area (Å²) in [5.41, 5.74) is 1.21. The molecule has 2 atom stereocenters. The van der Waals surface area contributed by atoms with E-state index in [1.54, 1.807) is 0 Å². The van der Waals surface area contributed by atoms with Crippen molar-refractivity contribution in [2.45, 2.75) is 25.8 Å². The molecule has 0 radical (unpaired) electrons. The monoisotopic (exact) mass is 223 g/mol. The highest BCUT2D eigenvalue weighted by Crippen LogP contribution is 2.30. The molecule has 0 spiro atoms. The topological polar surface area (TPSA) is 50.1 Å². The van der Waals surface area contributed by atoms with Crippen molar-refractivity contribution in [3.8, 4) is 0 Å². The number of nitrogens with zero attached hydrogens (tertiary/aromatic N) is 2. The zero-order valence-electron chi connectivity index (χ0n) is 9.89. The van der Waals surface area contributed by atoms with Crippen LogP contribution in [0.2, 0.25) is 0 Å². The van der Waals surface area contributed by atoms with Gasteiger partial charge in [0.1, 0.15) is 0 Å². The first-order valence-electron chi connectivity index (χ1n) is 6.08. The number of aryl methyl sites for hydroxylation is 1. The summed E-state index contributed by atoms with van der Waals surface area (Å²) in [4.78, 5) is 4.09. The quantitative estimate of drug-likeness (QED) is 0.780.